The summed E-state index contributed by atoms with van der Waals surface area (Å²) >= 11 is 0. The maximum absolute atomic E-state index is 14.1. The molecule has 1 amide bonds. The van der Waals surface area contributed by atoms with Crippen LogP contribution in [0.2, 0.25) is 0 Å². The van der Waals surface area contributed by atoms with E-state index in [1.165, 1.54) is 6.21 Å². The third kappa shape index (κ3) is 8.90. The van der Waals surface area contributed by atoms with Crippen LogP contribution in [-0.4, -0.2) is 49.4 Å². The van der Waals surface area contributed by atoms with Crippen LogP contribution in [0.15, 0.2) is 53.2 Å². The Kier molecular flexibility index (Phi) is 10.6. The fraction of sp³-hybridized carbons (Fsp3) is 0.515. The highest BCUT2D eigenvalue weighted by Crippen LogP contribution is 2.34. The van der Waals surface area contributed by atoms with Gasteiger partial charge in [-0.15, -0.1) is 0 Å². The van der Waals surface area contributed by atoms with Gasteiger partial charge in [-0.1, -0.05) is 32.1 Å². The standard InChI is InChI=1S/C33H42F4N2O3/c1-22(2)15-25-12-11-23(18-29(25)41-7)9-8-10-28(30(40)39-13-14-42-21-31(39,3)4)38-20-24-16-26(32(5,34)35)19-27(17-24)33(6,36)37/h10-12,16-20,22H,8-9,13-15,21H2,1-7H3/b28-10+,38-20?. The molecule has 42 heavy (non-hydrogen) atoms. The number of carbonyl (C=O) groups excluding carboxylic acids is 1. The number of methoxy groups -OCH3 is 1. The lowest BCUT2D eigenvalue weighted by Gasteiger charge is -2.42. The number of benzene rings is 2. The lowest BCUT2D eigenvalue weighted by atomic mass is 9.99. The Morgan fingerprint density at radius 3 is 2.29 bits per heavy atom. The number of aliphatic imine (C=N–C) groups is 1. The number of aryl methyl sites for hydroxylation is 1. The average Bonchev–Trinajstić information content (AvgIpc) is 2.89. The number of hydrogen-bond donors (Lipinski definition) is 0. The van der Waals surface area contributed by atoms with Crippen molar-refractivity contribution in [1.82, 2.24) is 4.90 Å². The highest BCUT2D eigenvalue weighted by atomic mass is 19.3. The van der Waals surface area contributed by atoms with E-state index in [-0.39, 0.29) is 17.2 Å². The van der Waals surface area contributed by atoms with Crippen molar-refractivity contribution < 1.29 is 31.8 Å². The van der Waals surface area contributed by atoms with Crippen molar-refractivity contribution in [3.63, 3.8) is 0 Å². The average molecular weight is 591 g/mol. The topological polar surface area (TPSA) is 51.1 Å². The van der Waals surface area contributed by atoms with Crippen molar-refractivity contribution in [2.75, 3.05) is 26.9 Å². The van der Waals surface area contributed by atoms with Gasteiger partial charge in [-0.2, -0.15) is 0 Å². The van der Waals surface area contributed by atoms with Crippen LogP contribution in [0.4, 0.5) is 17.6 Å². The fourth-order valence-corrected chi connectivity index (χ4v) is 4.87. The molecule has 0 radical (unpaired) electrons. The van der Waals surface area contributed by atoms with E-state index >= 15 is 0 Å². The van der Waals surface area contributed by atoms with Crippen molar-refractivity contribution in [1.29, 1.82) is 0 Å². The lowest BCUT2D eigenvalue weighted by molar-refractivity contribution is -0.142. The van der Waals surface area contributed by atoms with Gasteiger partial charge in [0.1, 0.15) is 11.4 Å². The maximum Gasteiger partial charge on any atom is 0.272 e. The summed E-state index contributed by atoms with van der Waals surface area (Å²) in [5.74, 6) is -5.72. The first kappa shape index (κ1) is 33.3. The normalized spacial score (nSPS) is 16.4. The first-order chi connectivity index (χ1) is 19.5. The SMILES string of the molecule is COc1cc(CC/C=C(/N=Cc2cc(C(C)(F)F)cc(C(C)(F)F)c2)C(=O)N2CCOCC2(C)C)ccc1CC(C)C. The summed E-state index contributed by atoms with van der Waals surface area (Å²) in [6.45, 7) is 10.4. The molecule has 1 heterocycles. The molecule has 0 spiro atoms. The minimum Gasteiger partial charge on any atom is -0.496 e. The zero-order valence-electron chi connectivity index (χ0n) is 25.6. The van der Waals surface area contributed by atoms with Gasteiger partial charge in [0.15, 0.2) is 0 Å². The molecule has 0 saturated carbocycles. The molecule has 0 N–H and O–H groups in total. The molecular formula is C33H42F4N2O3. The second kappa shape index (κ2) is 13.4. The molecule has 1 aliphatic heterocycles. The summed E-state index contributed by atoms with van der Waals surface area (Å²) in [5, 5.41) is 0. The number of morpholine rings is 1. The van der Waals surface area contributed by atoms with Gasteiger partial charge < -0.3 is 14.4 Å². The van der Waals surface area contributed by atoms with Crippen molar-refractivity contribution in [3.8, 4) is 5.75 Å². The van der Waals surface area contributed by atoms with Crippen molar-refractivity contribution in [2.45, 2.75) is 78.2 Å². The number of alkyl halides is 4. The summed E-state index contributed by atoms with van der Waals surface area (Å²) < 4.78 is 67.7. The van der Waals surface area contributed by atoms with E-state index in [9.17, 15) is 22.4 Å². The third-order valence-electron chi connectivity index (χ3n) is 7.18. The zero-order chi connectivity index (χ0) is 31.3. The molecule has 1 saturated heterocycles. The van der Waals surface area contributed by atoms with Crippen LogP contribution < -0.4 is 4.74 Å². The van der Waals surface area contributed by atoms with E-state index in [1.54, 1.807) is 18.1 Å². The Bertz CT molecular complexity index is 1280. The van der Waals surface area contributed by atoms with Gasteiger partial charge in [-0.3, -0.25) is 9.79 Å². The fourth-order valence-electron chi connectivity index (χ4n) is 4.87. The molecule has 0 bridgehead atoms. The Balaban J connectivity index is 1.96. The summed E-state index contributed by atoms with van der Waals surface area (Å²) in [5.41, 5.74) is 0.603. The summed E-state index contributed by atoms with van der Waals surface area (Å²) in [6, 6.07) is 9.11. The highest BCUT2D eigenvalue weighted by molar-refractivity contribution is 5.96. The van der Waals surface area contributed by atoms with Crippen molar-refractivity contribution >= 4 is 12.1 Å². The molecule has 1 fully saturated rings. The van der Waals surface area contributed by atoms with Gasteiger partial charge in [-0.25, -0.2) is 17.6 Å². The summed E-state index contributed by atoms with van der Waals surface area (Å²) in [4.78, 5) is 19.8. The van der Waals surface area contributed by atoms with Gasteiger partial charge in [0.2, 0.25) is 0 Å². The van der Waals surface area contributed by atoms with Crippen molar-refractivity contribution in [3.05, 3.63) is 76.0 Å². The minimum absolute atomic E-state index is 0.0518. The Labute approximate surface area is 246 Å². The molecule has 3 rings (SSSR count). The molecule has 2 aromatic rings. The van der Waals surface area contributed by atoms with Crippen LogP contribution in [0.5, 0.6) is 5.75 Å². The molecule has 5 nitrogen and oxygen atoms in total. The maximum atomic E-state index is 14.1. The first-order valence-corrected chi connectivity index (χ1v) is 14.2. The predicted molar refractivity (Wildman–Crippen MR) is 158 cm³/mol. The summed E-state index contributed by atoms with van der Waals surface area (Å²) in [7, 11) is 1.64. The van der Waals surface area contributed by atoms with Crippen LogP contribution >= 0.6 is 0 Å². The molecule has 9 heteroatoms. The van der Waals surface area contributed by atoms with Crippen LogP contribution in [0, 0.1) is 5.92 Å². The number of rotatable bonds is 11. The van der Waals surface area contributed by atoms with E-state index < -0.39 is 28.5 Å². The van der Waals surface area contributed by atoms with Gasteiger partial charge in [-0.05, 0) is 80.0 Å². The quantitative estimate of drug-likeness (QED) is 0.153. The van der Waals surface area contributed by atoms with E-state index in [0.29, 0.717) is 52.4 Å². The largest absolute Gasteiger partial charge is 0.496 e. The number of ether oxygens (including phenoxy) is 2. The Morgan fingerprint density at radius 2 is 1.74 bits per heavy atom. The second-order valence-electron chi connectivity index (χ2n) is 12.1. The first-order valence-electron chi connectivity index (χ1n) is 14.2. The molecule has 1 aliphatic rings. The number of halogens is 4. The monoisotopic (exact) mass is 590 g/mol. The predicted octanol–water partition coefficient (Wildman–Crippen LogP) is 7.69. The molecule has 0 aliphatic carbocycles. The van der Waals surface area contributed by atoms with Gasteiger partial charge in [0.05, 0.1) is 25.9 Å². The summed E-state index contributed by atoms with van der Waals surface area (Å²) in [6.07, 6.45) is 4.85. The zero-order valence-corrected chi connectivity index (χ0v) is 25.6. The van der Waals surface area contributed by atoms with Gasteiger partial charge >= 0.3 is 0 Å². The molecule has 0 unspecified atom stereocenters. The van der Waals surface area contributed by atoms with E-state index in [0.717, 1.165) is 41.5 Å². The van der Waals surface area contributed by atoms with Gasteiger partial charge in [0.25, 0.3) is 17.8 Å². The van der Waals surface area contributed by atoms with Crippen LogP contribution in [0.25, 0.3) is 0 Å². The number of allylic oxidation sites excluding steroid dienone is 1. The third-order valence-corrected chi connectivity index (χ3v) is 7.18. The molecular weight excluding hydrogens is 548 g/mol. The lowest BCUT2D eigenvalue weighted by Crippen LogP contribution is -2.55. The number of hydrogen-bond acceptors (Lipinski definition) is 4. The van der Waals surface area contributed by atoms with Crippen molar-refractivity contribution in [2.24, 2.45) is 10.9 Å². The molecule has 230 valence electrons. The van der Waals surface area contributed by atoms with E-state index in [2.05, 4.69) is 24.9 Å². The van der Waals surface area contributed by atoms with E-state index in [1.807, 2.05) is 26.0 Å². The second-order valence-corrected chi connectivity index (χ2v) is 12.1. The number of carbonyl (C=O) groups is 1. The van der Waals surface area contributed by atoms with E-state index in [4.69, 9.17) is 9.47 Å². The van der Waals surface area contributed by atoms with Gasteiger partial charge in [0, 0.05) is 37.7 Å². The smallest absolute Gasteiger partial charge is 0.272 e. The molecule has 0 atom stereocenters. The number of nitrogens with zero attached hydrogens (tertiary/aromatic N) is 2. The van der Waals surface area contributed by atoms with Crippen LogP contribution in [0.3, 0.4) is 0 Å². The highest BCUT2D eigenvalue weighted by Gasteiger charge is 2.35. The molecule has 0 aromatic heterocycles. The Morgan fingerprint density at radius 1 is 1.10 bits per heavy atom. The van der Waals surface area contributed by atoms with Crippen LogP contribution in [0.1, 0.15) is 75.8 Å². The van der Waals surface area contributed by atoms with Crippen LogP contribution in [-0.2, 0) is 34.2 Å². The Hall–Kier alpha value is -3.20. The minimum atomic E-state index is -3.33. The number of amides is 1. The molecule has 2 aromatic carbocycles.